The van der Waals surface area contributed by atoms with Crippen LogP contribution in [-0.2, 0) is 44.3 Å². The van der Waals surface area contributed by atoms with E-state index in [2.05, 4.69) is 33.3 Å². The van der Waals surface area contributed by atoms with Gasteiger partial charge < -0.3 is 0 Å². The molecule has 0 aromatic heterocycles. The summed E-state index contributed by atoms with van der Waals surface area (Å²) in [4.78, 5) is 0. The van der Waals surface area contributed by atoms with Gasteiger partial charge in [-0.2, -0.15) is 0 Å². The molecule has 8 heteroatoms. The molecule has 0 saturated heterocycles. The number of hydrogen-bond donors (Lipinski definition) is 0. The third-order valence-corrected chi connectivity index (χ3v) is 0. The van der Waals surface area contributed by atoms with Crippen molar-refractivity contribution in [3.8, 4) is 0 Å². The summed E-state index contributed by atoms with van der Waals surface area (Å²) >= 11 is 9.53. The standard InChI is InChI=1S/CH2Cl2.5CO.W/c2-1-3;5*1-2;/h1H2;;;;;;. The first-order valence-corrected chi connectivity index (χ1v) is 2.62. The van der Waals surface area contributed by atoms with Crippen molar-refractivity contribution < 1.29 is 44.3 Å². The van der Waals surface area contributed by atoms with Gasteiger partial charge in [0.25, 0.3) is 0 Å². The largest absolute Gasteiger partial charge is 0 e. The molecular weight excluding hydrogens is 407 g/mol. The maximum absolute atomic E-state index is 7.50. The summed E-state index contributed by atoms with van der Waals surface area (Å²) in [7, 11) is 0. The Morgan fingerprint density at radius 3 is 0.571 bits per heavy atom. The van der Waals surface area contributed by atoms with Gasteiger partial charge in [0.15, 0.2) is 0 Å². The van der Waals surface area contributed by atoms with Gasteiger partial charge in [-0.15, -0.1) is 23.2 Å². The minimum atomic E-state index is 0. The van der Waals surface area contributed by atoms with Gasteiger partial charge in [-0.3, -0.25) is 0 Å². The minimum Gasteiger partial charge on any atom is 0 e. The van der Waals surface area contributed by atoms with Crippen LogP contribution in [0.2, 0.25) is 0 Å². The molecule has 14 heavy (non-hydrogen) atoms. The molecule has 0 bridgehead atoms. The molecule has 0 amide bonds. The van der Waals surface area contributed by atoms with Crippen molar-refractivity contribution in [1.29, 1.82) is 0 Å². The fraction of sp³-hybridized carbons (Fsp3) is 0.167. The van der Waals surface area contributed by atoms with Crippen molar-refractivity contribution in [3.63, 3.8) is 0 Å². The molecule has 0 aromatic carbocycles. The summed E-state index contributed by atoms with van der Waals surface area (Å²) in [5.41, 5.74) is 0. The van der Waals surface area contributed by atoms with Crippen LogP contribution in [0.4, 0.5) is 0 Å². The second-order valence-corrected chi connectivity index (χ2v) is 0.909. The van der Waals surface area contributed by atoms with Crippen molar-refractivity contribution >= 4 is 23.2 Å². The zero-order valence-electron chi connectivity index (χ0n) is 6.41. The van der Waals surface area contributed by atoms with Crippen LogP contribution in [0, 0.1) is 33.3 Å². The van der Waals surface area contributed by atoms with E-state index < -0.39 is 0 Å². The third kappa shape index (κ3) is 1430000. The quantitative estimate of drug-likeness (QED) is 0.327. The SMILES string of the molecule is ClCCl.[C-]#[O+].[C-]#[O+].[C-]#[O+].[C-]#[O+].[C-]#[O+].[W]. The van der Waals surface area contributed by atoms with Gasteiger partial charge >= 0.3 is 56.5 Å². The maximum Gasteiger partial charge on any atom is 0 e. The van der Waals surface area contributed by atoms with Crippen molar-refractivity contribution in [2.75, 3.05) is 5.34 Å². The summed E-state index contributed by atoms with van der Waals surface area (Å²) in [6.07, 6.45) is 0. The molecular formula is C6H2Cl2O5W. The van der Waals surface area contributed by atoms with Gasteiger partial charge in [0.05, 0.1) is 5.34 Å². The molecule has 0 spiro atoms. The molecule has 76 valence electrons. The van der Waals surface area contributed by atoms with E-state index in [4.69, 9.17) is 46.5 Å². The number of alkyl halides is 2. The van der Waals surface area contributed by atoms with Crippen LogP contribution in [0.25, 0.3) is 0 Å². The molecule has 0 aliphatic carbocycles. The van der Waals surface area contributed by atoms with Gasteiger partial charge in [0, 0.05) is 21.1 Å². The van der Waals surface area contributed by atoms with Crippen molar-refractivity contribution in [1.82, 2.24) is 0 Å². The van der Waals surface area contributed by atoms with E-state index in [1.54, 1.807) is 0 Å². The average Bonchev–Trinajstić information content (AvgIpc) is 2.32. The molecule has 0 atom stereocenters. The number of rotatable bonds is 0. The van der Waals surface area contributed by atoms with Gasteiger partial charge in [0.2, 0.25) is 0 Å². The Morgan fingerprint density at radius 2 is 0.571 bits per heavy atom. The number of hydrogen-bond acceptors (Lipinski definition) is 0. The van der Waals surface area contributed by atoms with Gasteiger partial charge in [0.1, 0.15) is 0 Å². The van der Waals surface area contributed by atoms with Crippen LogP contribution in [0.15, 0.2) is 0 Å². The second-order valence-electron chi connectivity index (χ2n) is 0.101. The van der Waals surface area contributed by atoms with Crippen LogP contribution in [-0.4, -0.2) is 5.34 Å². The molecule has 0 saturated carbocycles. The zero-order valence-corrected chi connectivity index (χ0v) is 10.9. The smallest absolute Gasteiger partial charge is 0 e. The normalized spacial score (nSPS) is 2.00. The van der Waals surface area contributed by atoms with Crippen LogP contribution < -0.4 is 0 Å². The molecule has 0 rings (SSSR count). The third-order valence-electron chi connectivity index (χ3n) is 0. The molecule has 5 nitrogen and oxygen atoms in total. The molecule has 0 unspecified atom stereocenters. The molecule has 0 aliphatic heterocycles. The van der Waals surface area contributed by atoms with E-state index in [0.717, 1.165) is 0 Å². The Morgan fingerprint density at radius 1 is 0.571 bits per heavy atom. The van der Waals surface area contributed by atoms with E-state index >= 15 is 0 Å². The van der Waals surface area contributed by atoms with Crippen molar-refractivity contribution in [3.05, 3.63) is 33.3 Å². The monoisotopic (exact) mass is 408 g/mol. The Bertz CT molecular complexity index is 93.6. The Kier molecular flexibility index (Phi) is 6850. The van der Waals surface area contributed by atoms with E-state index in [-0.39, 0.29) is 26.4 Å². The number of halogens is 2. The predicted octanol–water partition coefficient (Wildman–Crippen LogP) is 1.23. The van der Waals surface area contributed by atoms with E-state index in [1.165, 1.54) is 0 Å². The summed E-state index contributed by atoms with van der Waals surface area (Å²) in [5.74, 6) is 0. The summed E-state index contributed by atoms with van der Waals surface area (Å²) in [5, 5.41) is 0.194. The first-order chi connectivity index (χ1) is 6.41. The van der Waals surface area contributed by atoms with E-state index in [9.17, 15) is 0 Å². The molecule has 0 heterocycles. The summed E-state index contributed by atoms with van der Waals surface area (Å²) in [6, 6.07) is 0. The van der Waals surface area contributed by atoms with Crippen molar-refractivity contribution in [2.24, 2.45) is 0 Å². The molecule has 0 N–H and O–H groups in total. The minimum absolute atomic E-state index is 0. The summed E-state index contributed by atoms with van der Waals surface area (Å²) < 4.78 is 37.5. The fourth-order valence-electron chi connectivity index (χ4n) is 0. The Labute approximate surface area is 106 Å². The molecule has 0 aliphatic rings. The van der Waals surface area contributed by atoms with E-state index in [0.29, 0.717) is 0 Å². The van der Waals surface area contributed by atoms with Crippen LogP contribution >= 0.6 is 23.2 Å². The topological polar surface area (TPSA) is 99.5 Å². The zero-order chi connectivity index (χ0) is 12.7. The predicted molar refractivity (Wildman–Crippen MR) is 36.2 cm³/mol. The second kappa shape index (κ2) is 1980. The summed E-state index contributed by atoms with van der Waals surface area (Å²) in [6.45, 7) is 22.5. The molecule has 0 radical (unpaired) electrons. The first kappa shape index (κ1) is 48.4. The van der Waals surface area contributed by atoms with Crippen LogP contribution in [0.5, 0.6) is 0 Å². The molecule has 0 fully saturated rings. The molecule has 0 aromatic rings. The first-order valence-electron chi connectivity index (χ1n) is 1.56. The Balaban J connectivity index is -0.00000000838. The average molecular weight is 409 g/mol. The van der Waals surface area contributed by atoms with Crippen LogP contribution in [0.1, 0.15) is 0 Å². The Hall–Kier alpha value is -0.0317. The van der Waals surface area contributed by atoms with E-state index in [1.807, 2.05) is 0 Å². The maximum atomic E-state index is 7.50. The van der Waals surface area contributed by atoms with Gasteiger partial charge in [-0.05, 0) is 0 Å². The van der Waals surface area contributed by atoms with Crippen LogP contribution in [0.3, 0.4) is 0 Å². The van der Waals surface area contributed by atoms with Gasteiger partial charge in [-0.25, -0.2) is 0 Å². The van der Waals surface area contributed by atoms with Crippen molar-refractivity contribution in [2.45, 2.75) is 0 Å². The fourth-order valence-corrected chi connectivity index (χ4v) is 0. The van der Waals surface area contributed by atoms with Gasteiger partial charge in [-0.1, -0.05) is 0 Å².